The van der Waals surface area contributed by atoms with Crippen LogP contribution in [0.25, 0.3) is 0 Å². The number of alkyl carbamates (subject to hydrolysis) is 1. The van der Waals surface area contributed by atoms with Crippen molar-refractivity contribution in [3.05, 3.63) is 12.2 Å². The number of hydrogen-bond acceptors (Lipinski definition) is 3. The average molecular weight is 256 g/mol. The number of nitrogens with one attached hydrogen (secondary N) is 1. The van der Waals surface area contributed by atoms with Crippen LogP contribution >= 0.6 is 0 Å². The van der Waals surface area contributed by atoms with E-state index < -0.39 is 11.7 Å². The Kier molecular flexibility index (Phi) is 5.87. The highest BCUT2D eigenvalue weighted by atomic mass is 16.6. The van der Waals surface area contributed by atoms with E-state index in [0.29, 0.717) is 13.0 Å². The minimum atomic E-state index is -0.498. The molecule has 0 saturated carbocycles. The van der Waals surface area contributed by atoms with Crippen molar-refractivity contribution in [2.75, 3.05) is 6.54 Å². The van der Waals surface area contributed by atoms with Gasteiger partial charge in [0, 0.05) is 0 Å². The van der Waals surface area contributed by atoms with E-state index in [4.69, 9.17) is 10.5 Å². The monoisotopic (exact) mass is 256 g/mol. The predicted octanol–water partition coefficient (Wildman–Crippen LogP) is 2.83. The standard InChI is InChI=1S/C14H28N2O2/c1-10(8-9-15)11(13(2,3)4)16-12(17)18-14(5,6)7/h11H,1,8-9,15H2,2-7H3,(H,16,17). The highest BCUT2D eigenvalue weighted by Gasteiger charge is 2.29. The van der Waals surface area contributed by atoms with Crippen molar-refractivity contribution in [2.45, 2.75) is 59.6 Å². The van der Waals surface area contributed by atoms with Gasteiger partial charge in [0.15, 0.2) is 0 Å². The highest BCUT2D eigenvalue weighted by molar-refractivity contribution is 5.68. The van der Waals surface area contributed by atoms with Gasteiger partial charge in [-0.05, 0) is 39.2 Å². The van der Waals surface area contributed by atoms with Crippen LogP contribution in [0.1, 0.15) is 48.0 Å². The van der Waals surface area contributed by atoms with Crippen LogP contribution in [0.5, 0.6) is 0 Å². The minimum absolute atomic E-state index is 0.122. The Morgan fingerprint density at radius 3 is 2.11 bits per heavy atom. The van der Waals surface area contributed by atoms with Crippen LogP contribution in [-0.4, -0.2) is 24.3 Å². The fourth-order valence-corrected chi connectivity index (χ4v) is 1.69. The number of carbonyl (C=O) groups is 1. The lowest BCUT2D eigenvalue weighted by Gasteiger charge is -2.34. The molecule has 0 heterocycles. The third-order valence-electron chi connectivity index (χ3n) is 2.40. The van der Waals surface area contributed by atoms with E-state index in [1.165, 1.54) is 0 Å². The van der Waals surface area contributed by atoms with Crippen LogP contribution in [0.3, 0.4) is 0 Å². The van der Waals surface area contributed by atoms with Crippen LogP contribution in [0.4, 0.5) is 4.79 Å². The average Bonchev–Trinajstić information content (AvgIpc) is 2.09. The molecule has 106 valence electrons. The molecular formula is C14H28N2O2. The van der Waals surface area contributed by atoms with Crippen LogP contribution < -0.4 is 11.1 Å². The van der Waals surface area contributed by atoms with E-state index in [9.17, 15) is 4.79 Å². The van der Waals surface area contributed by atoms with Gasteiger partial charge >= 0.3 is 6.09 Å². The molecule has 0 rings (SSSR count). The Balaban J connectivity index is 4.72. The molecule has 18 heavy (non-hydrogen) atoms. The smallest absolute Gasteiger partial charge is 0.408 e. The molecule has 0 saturated heterocycles. The van der Waals surface area contributed by atoms with E-state index in [2.05, 4.69) is 32.7 Å². The number of carbonyl (C=O) groups excluding carboxylic acids is 1. The summed E-state index contributed by atoms with van der Waals surface area (Å²) >= 11 is 0. The lowest BCUT2D eigenvalue weighted by atomic mass is 9.81. The number of amides is 1. The van der Waals surface area contributed by atoms with E-state index in [1.807, 2.05) is 20.8 Å². The van der Waals surface area contributed by atoms with Gasteiger partial charge in [-0.25, -0.2) is 4.79 Å². The second kappa shape index (κ2) is 6.23. The molecule has 0 fully saturated rings. The zero-order valence-corrected chi connectivity index (χ0v) is 12.6. The summed E-state index contributed by atoms with van der Waals surface area (Å²) in [6.07, 6.45) is 0.276. The summed E-state index contributed by atoms with van der Waals surface area (Å²) in [5, 5.41) is 2.88. The Morgan fingerprint density at radius 1 is 1.28 bits per heavy atom. The van der Waals surface area contributed by atoms with Crippen LogP contribution in [0.2, 0.25) is 0 Å². The lowest BCUT2D eigenvalue weighted by Crippen LogP contribution is -2.47. The van der Waals surface area contributed by atoms with E-state index in [0.717, 1.165) is 5.57 Å². The SMILES string of the molecule is C=C(CCN)C(NC(=O)OC(C)(C)C)C(C)(C)C. The van der Waals surface area contributed by atoms with Gasteiger partial charge in [-0.1, -0.05) is 32.9 Å². The summed E-state index contributed by atoms with van der Waals surface area (Å²) in [7, 11) is 0. The van der Waals surface area contributed by atoms with Gasteiger partial charge in [-0.2, -0.15) is 0 Å². The van der Waals surface area contributed by atoms with Gasteiger partial charge in [0.25, 0.3) is 0 Å². The van der Waals surface area contributed by atoms with Gasteiger partial charge in [0.2, 0.25) is 0 Å². The van der Waals surface area contributed by atoms with Crippen molar-refractivity contribution < 1.29 is 9.53 Å². The lowest BCUT2D eigenvalue weighted by molar-refractivity contribution is 0.0479. The molecule has 0 aromatic carbocycles. The van der Waals surface area contributed by atoms with Crippen molar-refractivity contribution in [1.82, 2.24) is 5.32 Å². The minimum Gasteiger partial charge on any atom is -0.444 e. The summed E-state index contributed by atoms with van der Waals surface area (Å²) < 4.78 is 5.27. The van der Waals surface area contributed by atoms with E-state index in [1.54, 1.807) is 0 Å². The fourth-order valence-electron chi connectivity index (χ4n) is 1.69. The van der Waals surface area contributed by atoms with Gasteiger partial charge in [-0.3, -0.25) is 0 Å². The Morgan fingerprint density at radius 2 is 1.78 bits per heavy atom. The molecule has 1 unspecified atom stereocenters. The van der Waals surface area contributed by atoms with Crippen molar-refractivity contribution >= 4 is 6.09 Å². The quantitative estimate of drug-likeness (QED) is 0.760. The first kappa shape index (κ1) is 17.0. The van der Waals surface area contributed by atoms with Crippen molar-refractivity contribution in [1.29, 1.82) is 0 Å². The van der Waals surface area contributed by atoms with E-state index in [-0.39, 0.29) is 11.5 Å². The highest BCUT2D eigenvalue weighted by Crippen LogP contribution is 2.26. The largest absolute Gasteiger partial charge is 0.444 e. The number of nitrogens with two attached hydrogens (primary N) is 1. The summed E-state index contributed by atoms with van der Waals surface area (Å²) in [4.78, 5) is 11.8. The zero-order valence-electron chi connectivity index (χ0n) is 12.6. The fraction of sp³-hybridized carbons (Fsp3) is 0.786. The first-order valence-electron chi connectivity index (χ1n) is 6.34. The first-order valence-corrected chi connectivity index (χ1v) is 6.34. The van der Waals surface area contributed by atoms with Crippen LogP contribution in [-0.2, 0) is 4.74 Å². The van der Waals surface area contributed by atoms with Gasteiger partial charge in [-0.15, -0.1) is 0 Å². The molecular weight excluding hydrogens is 228 g/mol. The van der Waals surface area contributed by atoms with Gasteiger partial charge in [0.1, 0.15) is 5.60 Å². The topological polar surface area (TPSA) is 64.3 Å². The molecule has 0 bridgehead atoms. The van der Waals surface area contributed by atoms with Crippen LogP contribution in [0.15, 0.2) is 12.2 Å². The number of rotatable bonds is 4. The van der Waals surface area contributed by atoms with Crippen LogP contribution in [0, 0.1) is 5.41 Å². The maximum atomic E-state index is 11.8. The van der Waals surface area contributed by atoms with Crippen molar-refractivity contribution in [3.8, 4) is 0 Å². The maximum absolute atomic E-state index is 11.8. The van der Waals surface area contributed by atoms with Gasteiger partial charge < -0.3 is 15.8 Å². The molecule has 1 amide bonds. The molecule has 1 atom stereocenters. The molecule has 0 radical (unpaired) electrons. The van der Waals surface area contributed by atoms with Crippen molar-refractivity contribution in [3.63, 3.8) is 0 Å². The molecule has 4 heteroatoms. The first-order chi connectivity index (χ1) is 7.97. The predicted molar refractivity (Wildman–Crippen MR) is 75.4 cm³/mol. The molecule has 0 spiro atoms. The van der Waals surface area contributed by atoms with Gasteiger partial charge in [0.05, 0.1) is 6.04 Å². The molecule has 0 aromatic heterocycles. The molecule has 3 N–H and O–H groups in total. The molecule has 0 aliphatic rings. The second-order valence-corrected chi connectivity index (χ2v) is 6.64. The summed E-state index contributed by atoms with van der Waals surface area (Å²) in [6.45, 7) is 16.2. The third kappa shape index (κ3) is 6.64. The second-order valence-electron chi connectivity index (χ2n) is 6.64. The third-order valence-corrected chi connectivity index (χ3v) is 2.40. The molecule has 4 nitrogen and oxygen atoms in total. The zero-order chi connectivity index (χ0) is 14.6. The Hall–Kier alpha value is -1.03. The maximum Gasteiger partial charge on any atom is 0.408 e. The summed E-state index contributed by atoms with van der Waals surface area (Å²) in [5.41, 5.74) is 5.84. The molecule has 0 aromatic rings. The molecule has 0 aliphatic heterocycles. The summed E-state index contributed by atoms with van der Waals surface area (Å²) in [5.74, 6) is 0. The summed E-state index contributed by atoms with van der Waals surface area (Å²) in [6, 6.07) is -0.143. The normalized spacial score (nSPS) is 13.9. The Labute approximate surface area is 111 Å². The Bertz CT molecular complexity index is 298. The molecule has 0 aliphatic carbocycles. The van der Waals surface area contributed by atoms with Crippen molar-refractivity contribution in [2.24, 2.45) is 11.1 Å². The number of hydrogen-bond donors (Lipinski definition) is 2. The van der Waals surface area contributed by atoms with E-state index >= 15 is 0 Å². The number of ether oxygens (including phenoxy) is 1.